The summed E-state index contributed by atoms with van der Waals surface area (Å²) < 4.78 is 31.9. The van der Waals surface area contributed by atoms with Crippen molar-refractivity contribution in [3.8, 4) is 114 Å². The number of nitrogens with two attached hydrogens (primary N) is 4. The molecule has 16 aromatic rings. The molecule has 16 heterocycles. The molecule has 4 fully saturated rings. The summed E-state index contributed by atoms with van der Waals surface area (Å²) in [5, 5.41) is 109. The molecule has 20 rings (SSSR count). The summed E-state index contributed by atoms with van der Waals surface area (Å²) in [5.41, 5.74) is 38.4. The molecule has 10 N–H and O–H groups in total. The molecule has 0 unspecified atom stereocenters. The van der Waals surface area contributed by atoms with Gasteiger partial charge in [-0.05, 0) is 75.6 Å². The molecule has 0 radical (unpaired) electrons. The van der Waals surface area contributed by atoms with Gasteiger partial charge < -0.3 is 42.6 Å². The minimum atomic E-state index is -0.530. The molecule has 0 aromatic carbocycles. The third-order valence-electron chi connectivity index (χ3n) is 22.7. The van der Waals surface area contributed by atoms with Crippen LogP contribution in [0.5, 0.6) is 0 Å². The largest absolute Gasteiger partial charge is 0.393 e. The lowest BCUT2D eigenvalue weighted by molar-refractivity contribution is -0.0542. The molecule has 0 aliphatic heterocycles. The number of rotatable bonds is 18. The summed E-state index contributed by atoms with van der Waals surface area (Å²) >= 11 is 0. The van der Waals surface area contributed by atoms with Gasteiger partial charge in [-0.3, -0.25) is 37.5 Å². The minimum absolute atomic E-state index is 0.126. The van der Waals surface area contributed by atoms with Crippen LogP contribution in [-0.4, -0.2) is 185 Å². The van der Waals surface area contributed by atoms with Gasteiger partial charge in [-0.25, -0.2) is 38.0 Å². The molecule has 0 amide bonds. The van der Waals surface area contributed by atoms with Crippen molar-refractivity contribution in [2.75, 3.05) is 37.2 Å². The van der Waals surface area contributed by atoms with Crippen molar-refractivity contribution in [2.45, 2.75) is 124 Å². The van der Waals surface area contributed by atoms with Crippen molar-refractivity contribution >= 4 is 45.3 Å². The number of fused-ring (bicyclic) bond motifs is 4. The normalized spacial score (nSPS) is 21.1. The Balaban J connectivity index is 0.000000113. The van der Waals surface area contributed by atoms with E-state index in [2.05, 4.69) is 85.5 Å². The number of aromatic nitrogens is 28. The van der Waals surface area contributed by atoms with Crippen molar-refractivity contribution < 1.29 is 19.7 Å². The number of nitrogens with zero attached hydrogens (tertiary/aromatic N) is 32. The van der Waals surface area contributed by atoms with E-state index in [0.29, 0.717) is 118 Å². The zero-order valence-corrected chi connectivity index (χ0v) is 65.0. The number of ether oxygens (including phenoxy) is 2. The van der Waals surface area contributed by atoms with Gasteiger partial charge in [0.15, 0.2) is 23.3 Å². The number of aryl methyl sites for hydroxylation is 4. The predicted octanol–water partition coefficient (Wildman–Crippen LogP) is 6.66. The molecule has 4 saturated carbocycles. The third kappa shape index (κ3) is 13.6. The molecule has 40 nitrogen and oxygen atoms in total. The molecule has 0 spiro atoms. The van der Waals surface area contributed by atoms with E-state index in [9.17, 15) is 31.3 Å². The van der Waals surface area contributed by atoms with Crippen LogP contribution in [0, 0.1) is 45.3 Å². The Hall–Kier alpha value is -14.8. The molecule has 40 heteroatoms. The van der Waals surface area contributed by atoms with Crippen LogP contribution in [-0.2, 0) is 59.8 Å². The third-order valence-corrected chi connectivity index (χ3v) is 22.7. The maximum absolute atomic E-state index is 9.83. The van der Waals surface area contributed by atoms with Crippen LogP contribution in [0.4, 0.5) is 23.3 Å². The van der Waals surface area contributed by atoms with Gasteiger partial charge in [0.2, 0.25) is 0 Å². The lowest BCUT2D eigenvalue weighted by Gasteiger charge is -2.45. The highest BCUT2D eigenvalue weighted by molar-refractivity contribution is 5.87. The van der Waals surface area contributed by atoms with Crippen molar-refractivity contribution in [1.29, 1.82) is 21.0 Å². The second kappa shape index (κ2) is 29.8. The number of aliphatic hydroxyl groups excluding tert-OH is 2. The maximum Gasteiger partial charge on any atom is 0.155 e. The standard InChI is InChI=1S/2C20H21N9O.2C19H19N9O/c2*1-27-10-13(9-24-27)16-12-28-17(3-6-23-28)18(25-16)15-11-29(26-19(15)22)20(4-5-21)7-14(8-20)30-2;2*1-26-9-12(8-23-26)15-11-27-16(2-5-22-27)17(24-15)14-10-28(25-18(14)21)19(3-4-20)6-13(29)7-19/h2*3,6,9-12,14H,4,7-8H2,1-2H3,(H2,22,26);2*2,5,8-11,13,29H,3,6-7H2,1H3,(H2,21,25). The summed E-state index contributed by atoms with van der Waals surface area (Å²) in [6.45, 7) is 0. The van der Waals surface area contributed by atoms with E-state index >= 15 is 0 Å². The lowest BCUT2D eigenvalue weighted by Crippen LogP contribution is -2.50. The summed E-state index contributed by atoms with van der Waals surface area (Å²) in [6, 6.07) is 16.5. The SMILES string of the molecule is COC1CC(CC#N)(n2cc(-c3nc(-c4cnn(C)c4)cn4nccc34)c(N)n2)C1.COC1CC(CC#N)(n2cc(-c3nc(-c4cnn(C)c4)cn4nccc34)c(N)n2)C1.Cn1cc(-c2cn3nccc3c(-c3cn(C4(CC#N)CC(O)C4)nc3N)n2)cn1.Cn1cc(-c2cn3nccc3c(-c3cn(C4(CC#N)CC(O)C4)nc3N)n2)cn1. The topological polar surface area (TPSA) is 521 Å². The fourth-order valence-electron chi connectivity index (χ4n) is 16.3. The summed E-state index contributed by atoms with van der Waals surface area (Å²) in [7, 11) is 10.8. The number of nitriles is 4. The molecule has 596 valence electrons. The van der Waals surface area contributed by atoms with Crippen LogP contribution in [0.2, 0.25) is 0 Å². The van der Waals surface area contributed by atoms with Gasteiger partial charge in [-0.2, -0.15) is 82.2 Å². The summed E-state index contributed by atoms with van der Waals surface area (Å²) in [6.07, 6.45) is 41.7. The van der Waals surface area contributed by atoms with Gasteiger partial charge in [0.1, 0.15) is 22.8 Å². The van der Waals surface area contributed by atoms with Crippen LogP contribution in [0.3, 0.4) is 0 Å². The van der Waals surface area contributed by atoms with Gasteiger partial charge in [-0.1, -0.05) is 0 Å². The second-order valence-electron chi connectivity index (χ2n) is 30.5. The summed E-state index contributed by atoms with van der Waals surface area (Å²) in [4.78, 5) is 19.4. The Morgan fingerprint density at radius 2 is 0.585 bits per heavy atom. The first-order chi connectivity index (χ1) is 57.0. The monoisotopic (exact) mass is 1580 g/mol. The van der Waals surface area contributed by atoms with E-state index < -0.39 is 34.4 Å². The van der Waals surface area contributed by atoms with E-state index in [-0.39, 0.29) is 25.0 Å². The molecular formula is C78H80N36O4. The predicted molar refractivity (Wildman–Crippen MR) is 427 cm³/mol. The van der Waals surface area contributed by atoms with Crippen LogP contribution < -0.4 is 22.9 Å². The Morgan fingerprint density at radius 3 is 0.780 bits per heavy atom. The molecular weight excluding hydrogens is 1510 g/mol. The Bertz CT molecular complexity index is 6230. The number of hydrogen-bond acceptors (Lipinski definition) is 28. The van der Waals surface area contributed by atoms with Gasteiger partial charge in [0.05, 0.1) is 238 Å². The zero-order chi connectivity index (χ0) is 82.1. The van der Waals surface area contributed by atoms with Crippen molar-refractivity contribution in [1.82, 2.24) is 137 Å². The molecule has 4 aliphatic carbocycles. The van der Waals surface area contributed by atoms with Gasteiger partial charge in [0, 0.05) is 114 Å². The smallest absolute Gasteiger partial charge is 0.155 e. The minimum Gasteiger partial charge on any atom is -0.393 e. The first kappa shape index (κ1) is 75.8. The van der Waals surface area contributed by atoms with Gasteiger partial charge in [0.25, 0.3) is 0 Å². The zero-order valence-electron chi connectivity index (χ0n) is 65.0. The maximum atomic E-state index is 9.83. The second-order valence-corrected chi connectivity index (χ2v) is 30.5. The van der Waals surface area contributed by atoms with Crippen LogP contribution in [0.15, 0.2) is 148 Å². The van der Waals surface area contributed by atoms with E-state index in [0.717, 1.165) is 81.4 Å². The fraction of sp³-hybridized carbons (Fsp3) is 0.333. The van der Waals surface area contributed by atoms with Crippen LogP contribution in [0.1, 0.15) is 77.0 Å². The molecule has 118 heavy (non-hydrogen) atoms. The van der Waals surface area contributed by atoms with Crippen molar-refractivity contribution in [3.63, 3.8) is 0 Å². The Labute approximate surface area is 671 Å². The highest BCUT2D eigenvalue weighted by Gasteiger charge is 2.50. The number of aliphatic hydroxyl groups is 2. The van der Waals surface area contributed by atoms with E-state index in [1.165, 1.54) is 0 Å². The van der Waals surface area contributed by atoms with E-state index in [1.807, 2.05) is 136 Å². The number of nitrogen functional groups attached to an aromatic ring is 4. The van der Waals surface area contributed by atoms with Crippen LogP contribution >= 0.6 is 0 Å². The molecule has 0 saturated heterocycles. The molecule has 0 bridgehead atoms. The number of methoxy groups -OCH3 is 2. The lowest BCUT2D eigenvalue weighted by atomic mass is 9.72. The Morgan fingerprint density at radius 1 is 0.356 bits per heavy atom. The van der Waals surface area contributed by atoms with Crippen molar-refractivity contribution in [3.05, 3.63) is 148 Å². The first-order valence-corrected chi connectivity index (χ1v) is 37.7. The molecule has 4 aliphatic rings. The van der Waals surface area contributed by atoms with Crippen molar-refractivity contribution in [2.24, 2.45) is 28.2 Å². The van der Waals surface area contributed by atoms with Gasteiger partial charge >= 0.3 is 0 Å². The fourth-order valence-corrected chi connectivity index (χ4v) is 16.3. The average Bonchev–Trinajstić information content (AvgIpc) is 1.54. The van der Waals surface area contributed by atoms with Gasteiger partial charge in [-0.15, -0.1) is 0 Å². The molecule has 0 atom stereocenters. The average molecular weight is 1590 g/mol. The summed E-state index contributed by atoms with van der Waals surface area (Å²) in [5.74, 6) is 1.38. The van der Waals surface area contributed by atoms with E-state index in [1.54, 1.807) is 110 Å². The highest BCUT2D eigenvalue weighted by atomic mass is 16.5. The molecule has 16 aromatic heterocycles. The highest BCUT2D eigenvalue weighted by Crippen LogP contribution is 2.49. The van der Waals surface area contributed by atoms with Crippen LogP contribution in [0.25, 0.3) is 112 Å². The quantitative estimate of drug-likeness (QED) is 0.0522. The first-order valence-electron chi connectivity index (χ1n) is 37.7. The Kier molecular flexibility index (Phi) is 19.2. The number of anilines is 4. The van der Waals surface area contributed by atoms with E-state index in [4.69, 9.17) is 52.3 Å². The number of hydrogen-bond donors (Lipinski definition) is 6.